The summed E-state index contributed by atoms with van der Waals surface area (Å²) in [6.45, 7) is 27.3. The van der Waals surface area contributed by atoms with Gasteiger partial charge in [0.2, 0.25) is 5.70 Å². The standard InChI is InChI=1S/C36H14F3N7O/c1-18-8-19(2)10-22(9-18)32-34(29(17-43)45-4)25-13-24-23(12-26(25)35(32)46-5)27(15-41)31(33(24)28(16-42)44-3)20-6-7-21(14-40)30(11-20)47-36(37,38)39/h6-13H,1-2H3/b33-28+,34-29-. The molecule has 0 amide bonds. The topological polar surface area (TPSA) is 117 Å². The number of fused-ring (bicyclic) bond motifs is 2. The molecule has 2 aliphatic rings. The van der Waals surface area contributed by atoms with Crippen LogP contribution >= 0.6 is 0 Å². The number of benzene rings is 3. The van der Waals surface area contributed by atoms with Crippen molar-refractivity contribution in [3.05, 3.63) is 144 Å². The van der Waals surface area contributed by atoms with Gasteiger partial charge in [-0.05, 0) is 82.1 Å². The molecule has 0 atom stereocenters. The Labute approximate surface area is 266 Å². The molecular weight excluding hydrogens is 603 g/mol. The highest BCUT2D eigenvalue weighted by Crippen LogP contribution is 2.55. The molecule has 0 heterocycles. The first-order valence-electron chi connectivity index (χ1n) is 13.3. The van der Waals surface area contributed by atoms with Crippen LogP contribution in [0.2, 0.25) is 0 Å². The average molecular weight is 618 g/mol. The Morgan fingerprint density at radius 1 is 0.702 bits per heavy atom. The average Bonchev–Trinajstić information content (AvgIpc) is 3.52. The van der Waals surface area contributed by atoms with Gasteiger partial charge in [-0.15, -0.1) is 13.2 Å². The molecule has 5 rings (SSSR count). The van der Waals surface area contributed by atoms with Crippen molar-refractivity contribution in [1.29, 1.82) is 21.0 Å². The lowest BCUT2D eigenvalue weighted by Gasteiger charge is -2.14. The van der Waals surface area contributed by atoms with Crippen molar-refractivity contribution in [3.8, 4) is 30.0 Å². The van der Waals surface area contributed by atoms with Crippen LogP contribution in [0.4, 0.5) is 13.2 Å². The zero-order valence-electron chi connectivity index (χ0n) is 24.3. The number of rotatable bonds is 3. The predicted octanol–water partition coefficient (Wildman–Crippen LogP) is 8.63. The molecule has 0 radical (unpaired) electrons. The van der Waals surface area contributed by atoms with Crippen LogP contribution in [0.25, 0.3) is 48.1 Å². The lowest BCUT2D eigenvalue weighted by molar-refractivity contribution is -0.274. The third kappa shape index (κ3) is 5.12. The van der Waals surface area contributed by atoms with Crippen LogP contribution in [-0.2, 0) is 0 Å². The normalized spacial score (nSPS) is 15.1. The lowest BCUT2D eigenvalue weighted by Crippen LogP contribution is -2.18. The minimum absolute atomic E-state index is 0.0472. The molecule has 0 aromatic heterocycles. The molecule has 0 saturated heterocycles. The fourth-order valence-electron chi connectivity index (χ4n) is 5.86. The van der Waals surface area contributed by atoms with Crippen LogP contribution in [0.5, 0.6) is 5.75 Å². The van der Waals surface area contributed by atoms with Gasteiger partial charge in [-0.1, -0.05) is 41.5 Å². The highest BCUT2D eigenvalue weighted by atomic mass is 19.4. The highest BCUT2D eigenvalue weighted by molar-refractivity contribution is 6.29. The second kappa shape index (κ2) is 11.6. The third-order valence-electron chi connectivity index (χ3n) is 7.47. The molecule has 3 aromatic carbocycles. The van der Waals surface area contributed by atoms with Crippen molar-refractivity contribution >= 4 is 33.6 Å². The van der Waals surface area contributed by atoms with Gasteiger partial charge >= 0.3 is 6.36 Å². The molecule has 2 aliphatic carbocycles. The largest absolute Gasteiger partial charge is 0.573 e. The Morgan fingerprint density at radius 2 is 1.28 bits per heavy atom. The Kier molecular flexibility index (Phi) is 7.68. The van der Waals surface area contributed by atoms with Gasteiger partial charge in [0.05, 0.1) is 43.0 Å². The summed E-state index contributed by atoms with van der Waals surface area (Å²) in [6, 6.07) is 19.1. The molecule has 0 bridgehead atoms. The van der Waals surface area contributed by atoms with Crippen molar-refractivity contribution in [2.45, 2.75) is 20.2 Å². The molecule has 0 fully saturated rings. The summed E-state index contributed by atoms with van der Waals surface area (Å²) >= 11 is 0. The van der Waals surface area contributed by atoms with Gasteiger partial charge in [0.15, 0.2) is 0 Å². The number of hydrogen-bond acceptors (Lipinski definition) is 5. The molecule has 11 heteroatoms. The van der Waals surface area contributed by atoms with Crippen LogP contribution in [0.1, 0.15) is 50.1 Å². The van der Waals surface area contributed by atoms with Crippen molar-refractivity contribution in [1.82, 2.24) is 0 Å². The smallest absolute Gasteiger partial charge is 0.404 e. The summed E-state index contributed by atoms with van der Waals surface area (Å²) in [6.07, 6.45) is -5.15. The van der Waals surface area contributed by atoms with E-state index in [0.717, 1.165) is 23.3 Å². The van der Waals surface area contributed by atoms with Crippen molar-refractivity contribution in [2.24, 2.45) is 0 Å². The van der Waals surface area contributed by atoms with Gasteiger partial charge < -0.3 is 4.74 Å². The summed E-state index contributed by atoms with van der Waals surface area (Å²) < 4.78 is 43.8. The van der Waals surface area contributed by atoms with E-state index >= 15 is 0 Å². The molecule has 220 valence electrons. The zero-order valence-corrected chi connectivity index (χ0v) is 24.3. The fourth-order valence-corrected chi connectivity index (χ4v) is 5.86. The minimum Gasteiger partial charge on any atom is -0.404 e. The first kappa shape index (κ1) is 31.1. The second-order valence-corrected chi connectivity index (χ2v) is 10.3. The maximum absolute atomic E-state index is 13.2. The van der Waals surface area contributed by atoms with Crippen LogP contribution in [0, 0.1) is 78.9 Å². The summed E-state index contributed by atoms with van der Waals surface area (Å²) in [5.74, 6) is -0.848. The summed E-state index contributed by atoms with van der Waals surface area (Å²) in [4.78, 5) is 10.5. The quantitative estimate of drug-likeness (QED) is 0.215. The molecule has 0 saturated carbocycles. The van der Waals surface area contributed by atoms with E-state index in [0.29, 0.717) is 11.1 Å². The van der Waals surface area contributed by atoms with Crippen LogP contribution in [0.3, 0.4) is 0 Å². The summed E-state index contributed by atoms with van der Waals surface area (Å²) in [5.41, 5.74) is 2.25. The number of nitriles is 4. The van der Waals surface area contributed by atoms with Crippen LogP contribution < -0.4 is 4.74 Å². The van der Waals surface area contributed by atoms with Crippen molar-refractivity contribution in [3.63, 3.8) is 0 Å². The Bertz CT molecular complexity index is 2360. The molecule has 3 aromatic rings. The van der Waals surface area contributed by atoms with E-state index in [1.807, 2.05) is 44.2 Å². The number of aryl methyl sites for hydroxylation is 2. The van der Waals surface area contributed by atoms with Crippen LogP contribution in [0.15, 0.2) is 59.9 Å². The number of allylic oxidation sites excluding steroid dienone is 7. The van der Waals surface area contributed by atoms with Crippen molar-refractivity contribution < 1.29 is 17.9 Å². The molecular formula is C36H14F3N7O. The zero-order chi connectivity index (χ0) is 34.2. The van der Waals surface area contributed by atoms with Gasteiger partial charge in [0.25, 0.3) is 11.4 Å². The van der Waals surface area contributed by atoms with Gasteiger partial charge in [-0.2, -0.15) is 10.5 Å². The number of alkyl halides is 3. The van der Waals surface area contributed by atoms with Gasteiger partial charge in [-0.3, -0.25) is 0 Å². The fraction of sp³-hybridized carbons (Fsp3) is 0.0833. The van der Waals surface area contributed by atoms with E-state index < -0.39 is 23.4 Å². The Balaban J connectivity index is 1.91. The monoisotopic (exact) mass is 617 g/mol. The van der Waals surface area contributed by atoms with E-state index in [4.69, 9.17) is 19.7 Å². The highest BCUT2D eigenvalue weighted by Gasteiger charge is 2.38. The predicted molar refractivity (Wildman–Crippen MR) is 164 cm³/mol. The first-order chi connectivity index (χ1) is 22.4. The Morgan fingerprint density at radius 3 is 1.79 bits per heavy atom. The molecule has 0 N–H and O–H groups in total. The maximum Gasteiger partial charge on any atom is 0.573 e. The molecule has 0 aliphatic heterocycles. The minimum atomic E-state index is -5.15. The summed E-state index contributed by atoms with van der Waals surface area (Å²) in [5, 5.41) is 39.8. The molecule has 8 nitrogen and oxygen atoms in total. The van der Waals surface area contributed by atoms with E-state index in [1.54, 1.807) is 12.1 Å². The maximum atomic E-state index is 13.2. The first-order valence-corrected chi connectivity index (χ1v) is 13.3. The SMILES string of the molecule is [C-]#[N+]C1=C(c2cc(C)cc(C)c2)/C(=C(/C#N)[N+]#[C-])c2cc3c(cc21)C(C#N)=C(c1ccc(C#N)c(OC(F)(F)F)c1)/C3=C(\C#N)[N+]#[C-]. The van der Waals surface area contributed by atoms with Gasteiger partial charge in [-0.25, -0.2) is 25.1 Å². The van der Waals surface area contributed by atoms with Gasteiger partial charge in [0, 0.05) is 5.57 Å². The van der Waals surface area contributed by atoms with Gasteiger partial charge in [0.1, 0.15) is 17.9 Å². The van der Waals surface area contributed by atoms with E-state index in [2.05, 4.69) is 19.3 Å². The van der Waals surface area contributed by atoms with E-state index in [-0.39, 0.29) is 61.5 Å². The Hall–Kier alpha value is -7.36. The molecule has 47 heavy (non-hydrogen) atoms. The van der Waals surface area contributed by atoms with Crippen molar-refractivity contribution in [2.75, 3.05) is 0 Å². The second-order valence-electron chi connectivity index (χ2n) is 10.3. The van der Waals surface area contributed by atoms with E-state index in [1.165, 1.54) is 18.2 Å². The van der Waals surface area contributed by atoms with E-state index in [9.17, 15) is 34.2 Å². The number of ether oxygens (including phenoxy) is 1. The number of nitrogens with zero attached hydrogens (tertiary/aromatic N) is 7. The number of hydrogen-bond donors (Lipinski definition) is 0. The molecule has 0 unspecified atom stereocenters. The number of halogens is 3. The summed E-state index contributed by atoms with van der Waals surface area (Å²) in [7, 11) is 0. The van der Waals surface area contributed by atoms with Crippen LogP contribution in [-0.4, -0.2) is 6.36 Å². The lowest BCUT2D eigenvalue weighted by atomic mass is 9.90. The molecule has 0 spiro atoms. The third-order valence-corrected chi connectivity index (χ3v) is 7.47.